The Kier molecular flexibility index (Phi) is 4.99. The minimum absolute atomic E-state index is 0.180. The summed E-state index contributed by atoms with van der Waals surface area (Å²) >= 11 is 5.86. The number of hydrogen-bond donors (Lipinski definition) is 0. The van der Waals surface area contributed by atoms with E-state index in [1.165, 1.54) is 7.11 Å². The maximum absolute atomic E-state index is 11.3. The van der Waals surface area contributed by atoms with Gasteiger partial charge < -0.3 is 4.74 Å². The number of hydrogen-bond acceptors (Lipinski definition) is 3. The molecule has 3 nitrogen and oxygen atoms in total. The van der Waals surface area contributed by atoms with E-state index in [0.717, 1.165) is 23.1 Å². The molecule has 0 amide bonds. The van der Waals surface area contributed by atoms with Crippen LogP contribution < -0.4 is 0 Å². The fourth-order valence-corrected chi connectivity index (χ4v) is 2.06. The van der Waals surface area contributed by atoms with Crippen molar-refractivity contribution in [1.29, 1.82) is 5.26 Å². The van der Waals surface area contributed by atoms with Crippen molar-refractivity contribution in [3.05, 3.63) is 34.4 Å². The molecule has 1 aromatic carbocycles. The molecule has 0 fully saturated rings. The normalized spacial score (nSPS) is 9.76. The average molecular weight is 252 g/mol. The van der Waals surface area contributed by atoms with E-state index in [9.17, 15) is 4.79 Å². The van der Waals surface area contributed by atoms with Gasteiger partial charge in [-0.25, -0.2) is 0 Å². The molecule has 0 atom stereocenters. The number of ether oxygens (including phenoxy) is 1. The van der Waals surface area contributed by atoms with E-state index in [1.54, 1.807) is 12.1 Å². The van der Waals surface area contributed by atoms with E-state index < -0.39 is 0 Å². The molecular formula is C13H14ClNO2. The Morgan fingerprint density at radius 2 is 2.12 bits per heavy atom. The third kappa shape index (κ3) is 3.21. The van der Waals surface area contributed by atoms with Crippen molar-refractivity contribution >= 4 is 17.6 Å². The number of nitriles is 1. The first-order valence-corrected chi connectivity index (χ1v) is 5.87. The Hall–Kier alpha value is -1.53. The van der Waals surface area contributed by atoms with Crippen molar-refractivity contribution in [3.8, 4) is 6.07 Å². The summed E-state index contributed by atoms with van der Waals surface area (Å²) in [5.74, 6) is 0.0302. The van der Waals surface area contributed by atoms with Gasteiger partial charge in [-0.3, -0.25) is 4.79 Å². The van der Waals surface area contributed by atoms with Crippen molar-refractivity contribution < 1.29 is 9.53 Å². The first-order chi connectivity index (χ1) is 8.15. The average Bonchev–Trinajstić information content (AvgIpc) is 2.37. The van der Waals surface area contributed by atoms with E-state index in [4.69, 9.17) is 16.9 Å². The van der Waals surface area contributed by atoms with Crippen LogP contribution in [0.25, 0.3) is 0 Å². The van der Waals surface area contributed by atoms with Gasteiger partial charge in [0.1, 0.15) is 0 Å². The van der Waals surface area contributed by atoms with Crippen LogP contribution in [0.2, 0.25) is 0 Å². The van der Waals surface area contributed by atoms with E-state index in [0.29, 0.717) is 11.4 Å². The minimum atomic E-state index is -0.310. The molecule has 0 aromatic heterocycles. The van der Waals surface area contributed by atoms with E-state index in [-0.39, 0.29) is 12.4 Å². The van der Waals surface area contributed by atoms with Crippen LogP contribution in [0, 0.1) is 11.3 Å². The van der Waals surface area contributed by atoms with Crippen molar-refractivity contribution in [2.75, 3.05) is 7.11 Å². The van der Waals surface area contributed by atoms with Gasteiger partial charge in [-0.1, -0.05) is 6.92 Å². The molecule has 0 saturated carbocycles. The van der Waals surface area contributed by atoms with Gasteiger partial charge in [0.05, 0.1) is 25.2 Å². The summed E-state index contributed by atoms with van der Waals surface area (Å²) in [4.78, 5) is 11.3. The molecule has 1 rings (SSSR count). The van der Waals surface area contributed by atoms with Crippen LogP contribution in [-0.2, 0) is 28.3 Å². The first-order valence-electron chi connectivity index (χ1n) is 5.33. The fraction of sp³-hybridized carbons (Fsp3) is 0.385. The lowest BCUT2D eigenvalue weighted by atomic mass is 9.95. The highest BCUT2D eigenvalue weighted by molar-refractivity contribution is 6.17. The van der Waals surface area contributed by atoms with Gasteiger partial charge in [0.25, 0.3) is 0 Å². The van der Waals surface area contributed by atoms with E-state index in [1.807, 2.05) is 6.92 Å². The van der Waals surface area contributed by atoms with E-state index >= 15 is 0 Å². The molecule has 17 heavy (non-hydrogen) atoms. The highest BCUT2D eigenvalue weighted by Gasteiger charge is 2.12. The molecule has 0 heterocycles. The second kappa shape index (κ2) is 6.27. The summed E-state index contributed by atoms with van der Waals surface area (Å²) in [6, 6.07) is 5.57. The molecule has 0 N–H and O–H groups in total. The number of carbonyl (C=O) groups is 1. The van der Waals surface area contributed by atoms with Crippen LogP contribution in [-0.4, -0.2) is 13.1 Å². The second-order valence-electron chi connectivity index (χ2n) is 3.62. The third-order valence-corrected chi connectivity index (χ3v) is 2.91. The Labute approximate surface area is 106 Å². The van der Waals surface area contributed by atoms with Crippen LogP contribution in [0.1, 0.15) is 29.2 Å². The smallest absolute Gasteiger partial charge is 0.309 e. The largest absolute Gasteiger partial charge is 0.469 e. The number of rotatable bonds is 4. The molecule has 0 aliphatic carbocycles. The van der Waals surface area contributed by atoms with Crippen LogP contribution in [0.5, 0.6) is 0 Å². The Bertz CT molecular complexity index is 463. The zero-order chi connectivity index (χ0) is 12.8. The lowest BCUT2D eigenvalue weighted by Gasteiger charge is -2.12. The zero-order valence-corrected chi connectivity index (χ0v) is 10.7. The maximum atomic E-state index is 11.3. The lowest BCUT2D eigenvalue weighted by Crippen LogP contribution is -2.08. The quantitative estimate of drug-likeness (QED) is 0.610. The molecule has 0 aliphatic rings. The number of carbonyl (C=O) groups excluding carboxylic acids is 1. The van der Waals surface area contributed by atoms with Gasteiger partial charge in [0.15, 0.2) is 0 Å². The van der Waals surface area contributed by atoms with Gasteiger partial charge in [-0.05, 0) is 35.2 Å². The predicted octanol–water partition coefficient (Wildman–Crippen LogP) is 2.57. The SMILES string of the molecule is CCc1c(CCl)cc(C#N)cc1CC(=O)OC. The molecule has 0 radical (unpaired) electrons. The standard InChI is InChI=1S/C13H14ClNO2/c1-3-12-10(6-13(16)17-2)4-9(8-15)5-11(12)7-14/h4-5H,3,6-7H2,1-2H3. The number of halogens is 1. The van der Waals surface area contributed by atoms with Gasteiger partial charge in [-0.15, -0.1) is 11.6 Å². The van der Waals surface area contributed by atoms with Crippen LogP contribution in [0.4, 0.5) is 0 Å². The number of benzene rings is 1. The summed E-state index contributed by atoms with van der Waals surface area (Å²) in [7, 11) is 1.35. The van der Waals surface area contributed by atoms with Crippen molar-refractivity contribution in [3.63, 3.8) is 0 Å². The maximum Gasteiger partial charge on any atom is 0.309 e. The summed E-state index contributed by atoms with van der Waals surface area (Å²) < 4.78 is 4.65. The molecule has 0 aliphatic heterocycles. The highest BCUT2D eigenvalue weighted by Crippen LogP contribution is 2.21. The molecular weight excluding hydrogens is 238 g/mol. The van der Waals surface area contributed by atoms with Crippen LogP contribution >= 0.6 is 11.6 Å². The van der Waals surface area contributed by atoms with E-state index in [2.05, 4.69) is 10.8 Å². The summed E-state index contributed by atoms with van der Waals surface area (Å²) in [6.45, 7) is 2.00. The minimum Gasteiger partial charge on any atom is -0.469 e. The third-order valence-electron chi connectivity index (χ3n) is 2.62. The van der Waals surface area contributed by atoms with Crippen LogP contribution in [0.15, 0.2) is 12.1 Å². The Morgan fingerprint density at radius 1 is 1.47 bits per heavy atom. The summed E-state index contributed by atoms with van der Waals surface area (Å²) in [6.07, 6.45) is 0.958. The highest BCUT2D eigenvalue weighted by atomic mass is 35.5. The summed E-state index contributed by atoms with van der Waals surface area (Å²) in [5.41, 5.74) is 3.29. The Balaban J connectivity index is 3.25. The molecule has 4 heteroatoms. The van der Waals surface area contributed by atoms with Crippen molar-refractivity contribution in [1.82, 2.24) is 0 Å². The topological polar surface area (TPSA) is 50.1 Å². The predicted molar refractivity (Wildman–Crippen MR) is 65.8 cm³/mol. The molecule has 0 unspecified atom stereocenters. The molecule has 0 saturated heterocycles. The molecule has 1 aromatic rings. The van der Waals surface area contributed by atoms with Gasteiger partial charge in [-0.2, -0.15) is 5.26 Å². The number of alkyl halides is 1. The Morgan fingerprint density at radius 3 is 2.59 bits per heavy atom. The van der Waals surface area contributed by atoms with Gasteiger partial charge in [0.2, 0.25) is 0 Å². The number of nitrogens with zero attached hydrogens (tertiary/aromatic N) is 1. The first kappa shape index (κ1) is 13.5. The monoisotopic (exact) mass is 251 g/mol. The van der Waals surface area contributed by atoms with Gasteiger partial charge >= 0.3 is 5.97 Å². The van der Waals surface area contributed by atoms with Crippen molar-refractivity contribution in [2.24, 2.45) is 0 Å². The number of methoxy groups -OCH3 is 1. The molecule has 0 spiro atoms. The number of esters is 1. The van der Waals surface area contributed by atoms with Crippen molar-refractivity contribution in [2.45, 2.75) is 25.6 Å². The molecule has 0 bridgehead atoms. The summed E-state index contributed by atoms with van der Waals surface area (Å²) in [5, 5.41) is 8.93. The lowest BCUT2D eigenvalue weighted by molar-refractivity contribution is -0.139. The molecule has 90 valence electrons. The van der Waals surface area contributed by atoms with Crippen LogP contribution in [0.3, 0.4) is 0 Å². The van der Waals surface area contributed by atoms with Gasteiger partial charge in [0, 0.05) is 5.88 Å². The zero-order valence-electron chi connectivity index (χ0n) is 9.92. The second-order valence-corrected chi connectivity index (χ2v) is 3.89. The fourth-order valence-electron chi connectivity index (χ4n) is 1.82.